The second kappa shape index (κ2) is 8.53. The molecule has 8 heteroatoms. The van der Waals surface area contributed by atoms with Crippen LogP contribution in [0.5, 0.6) is 0 Å². The Morgan fingerprint density at radius 3 is 2.31 bits per heavy atom. The average Bonchev–Trinajstić information content (AvgIpc) is 2.66. The van der Waals surface area contributed by atoms with Crippen LogP contribution in [0, 0.1) is 0 Å². The minimum Gasteiger partial charge on any atom is -0.407 e. The number of halogens is 2. The lowest BCUT2D eigenvalue weighted by Gasteiger charge is -2.49. The third kappa shape index (κ3) is 4.62. The van der Waals surface area contributed by atoms with Gasteiger partial charge in [-0.05, 0) is 18.1 Å². The Morgan fingerprint density at radius 1 is 1.10 bits per heavy atom. The number of fused-ring (bicyclic) bond motifs is 1. The molecule has 1 aromatic rings. The van der Waals surface area contributed by atoms with E-state index in [-0.39, 0.29) is 17.2 Å². The van der Waals surface area contributed by atoms with Gasteiger partial charge in [-0.1, -0.05) is 51.1 Å². The summed E-state index contributed by atoms with van der Waals surface area (Å²) in [5.74, 6) is 0. The number of hydrogen-bond acceptors (Lipinski definition) is 5. The van der Waals surface area contributed by atoms with Gasteiger partial charge < -0.3 is 23.4 Å². The molecule has 29 heavy (non-hydrogen) atoms. The highest BCUT2D eigenvalue weighted by Gasteiger charge is 2.52. The molecule has 5 atom stereocenters. The molecule has 2 aliphatic rings. The van der Waals surface area contributed by atoms with Crippen molar-refractivity contribution in [2.45, 2.75) is 69.8 Å². The van der Waals surface area contributed by atoms with Gasteiger partial charge in [-0.3, -0.25) is 0 Å². The predicted octanol–water partition coefficient (Wildman–Crippen LogP) is 5.01. The largest absolute Gasteiger partial charge is 0.407 e. The van der Waals surface area contributed by atoms with Crippen LogP contribution in [-0.4, -0.2) is 46.6 Å². The molecule has 0 saturated carbocycles. The van der Waals surface area contributed by atoms with Gasteiger partial charge in [0.25, 0.3) is 6.08 Å². The second-order valence-electron chi connectivity index (χ2n) is 8.93. The van der Waals surface area contributed by atoms with Gasteiger partial charge in [0, 0.05) is 12.7 Å². The molecule has 0 aromatic heterocycles. The van der Waals surface area contributed by atoms with E-state index in [1.807, 2.05) is 43.4 Å². The zero-order valence-electron chi connectivity index (χ0n) is 17.8. The molecule has 2 aliphatic heterocycles. The standard InChI is InChI=1S/C21H30F2O5Si/c1-21(2,3)29(5,6)28-17-15(18(22)23)20(24-4)26-14-12-25-19(27-16(14)17)13-10-8-7-9-11-13/h7-11,14,16-17,19-20H,12H2,1-6H3/t14-,16-,17-,19-,20+/m1/s1. The maximum absolute atomic E-state index is 14.0. The van der Waals surface area contributed by atoms with Crippen molar-refractivity contribution in [1.29, 1.82) is 0 Å². The molecule has 0 N–H and O–H groups in total. The molecule has 0 radical (unpaired) electrons. The third-order valence-corrected chi connectivity index (χ3v) is 10.4. The summed E-state index contributed by atoms with van der Waals surface area (Å²) in [4.78, 5) is 0. The molecule has 3 rings (SSSR count). The zero-order chi connectivity index (χ0) is 21.4. The van der Waals surface area contributed by atoms with Gasteiger partial charge >= 0.3 is 0 Å². The van der Waals surface area contributed by atoms with E-state index in [2.05, 4.69) is 20.8 Å². The van der Waals surface area contributed by atoms with Crippen molar-refractivity contribution in [3.63, 3.8) is 0 Å². The Kier molecular flexibility index (Phi) is 6.62. The smallest absolute Gasteiger partial charge is 0.277 e. The first-order chi connectivity index (χ1) is 13.5. The van der Waals surface area contributed by atoms with E-state index in [0.717, 1.165) is 5.56 Å². The van der Waals surface area contributed by atoms with Crippen LogP contribution in [0.25, 0.3) is 0 Å². The van der Waals surface area contributed by atoms with E-state index in [4.69, 9.17) is 23.4 Å². The Balaban J connectivity index is 1.96. The fourth-order valence-electron chi connectivity index (χ4n) is 3.26. The highest BCUT2D eigenvalue weighted by Crippen LogP contribution is 2.44. The van der Waals surface area contributed by atoms with Gasteiger partial charge in [-0.2, -0.15) is 8.78 Å². The van der Waals surface area contributed by atoms with Crippen LogP contribution in [0.4, 0.5) is 8.78 Å². The van der Waals surface area contributed by atoms with Crippen LogP contribution in [-0.2, 0) is 23.4 Å². The maximum Gasteiger partial charge on any atom is 0.277 e. The molecule has 2 saturated heterocycles. The number of benzene rings is 1. The summed E-state index contributed by atoms with van der Waals surface area (Å²) in [6, 6.07) is 9.40. The highest BCUT2D eigenvalue weighted by atomic mass is 28.4. The molecule has 0 aliphatic carbocycles. The predicted molar refractivity (Wildman–Crippen MR) is 107 cm³/mol. The Bertz CT molecular complexity index is 730. The molecule has 0 bridgehead atoms. The fourth-order valence-corrected chi connectivity index (χ4v) is 4.51. The normalized spacial score (nSPS) is 30.8. The molecule has 0 amide bonds. The molecule has 0 spiro atoms. The molecule has 2 fully saturated rings. The maximum atomic E-state index is 14.0. The summed E-state index contributed by atoms with van der Waals surface area (Å²) in [6.45, 7) is 10.5. The van der Waals surface area contributed by atoms with Crippen LogP contribution < -0.4 is 0 Å². The van der Waals surface area contributed by atoms with Gasteiger partial charge in [0.2, 0.25) is 0 Å². The SMILES string of the molecule is CO[C@H]1O[C@@H]2CO[C@@H](c3ccccc3)O[C@H]2[C@H](O[Si](C)(C)C(C)(C)C)C1=C(F)F. The van der Waals surface area contributed by atoms with Crippen molar-refractivity contribution in [3.8, 4) is 0 Å². The van der Waals surface area contributed by atoms with Crippen LogP contribution in [0.15, 0.2) is 42.0 Å². The van der Waals surface area contributed by atoms with Crippen LogP contribution in [0.2, 0.25) is 18.1 Å². The summed E-state index contributed by atoms with van der Waals surface area (Å²) < 4.78 is 57.5. The summed E-state index contributed by atoms with van der Waals surface area (Å²) in [5.41, 5.74) is 0.518. The molecule has 1 aromatic carbocycles. The van der Waals surface area contributed by atoms with Crippen molar-refractivity contribution >= 4 is 8.32 Å². The lowest BCUT2D eigenvalue weighted by atomic mass is 9.96. The van der Waals surface area contributed by atoms with Gasteiger partial charge in [-0.25, -0.2) is 0 Å². The van der Waals surface area contributed by atoms with Crippen molar-refractivity contribution in [3.05, 3.63) is 47.5 Å². The average molecular weight is 429 g/mol. The summed E-state index contributed by atoms with van der Waals surface area (Å²) in [6.07, 6.45) is -6.00. The minimum absolute atomic E-state index is 0.161. The first-order valence-electron chi connectivity index (χ1n) is 9.78. The van der Waals surface area contributed by atoms with Gasteiger partial charge in [0.1, 0.15) is 18.3 Å². The summed E-state index contributed by atoms with van der Waals surface area (Å²) >= 11 is 0. The molecule has 2 heterocycles. The highest BCUT2D eigenvalue weighted by molar-refractivity contribution is 6.74. The van der Waals surface area contributed by atoms with Crippen molar-refractivity contribution < 1.29 is 32.2 Å². The number of methoxy groups -OCH3 is 1. The second-order valence-corrected chi connectivity index (χ2v) is 13.7. The number of ether oxygens (including phenoxy) is 4. The topological polar surface area (TPSA) is 46.2 Å². The monoisotopic (exact) mass is 428 g/mol. The van der Waals surface area contributed by atoms with E-state index in [0.29, 0.717) is 0 Å². The third-order valence-electron chi connectivity index (χ3n) is 5.95. The van der Waals surface area contributed by atoms with E-state index in [1.54, 1.807) is 0 Å². The van der Waals surface area contributed by atoms with Crippen molar-refractivity contribution in [2.24, 2.45) is 0 Å². The van der Waals surface area contributed by atoms with Gasteiger partial charge in [0.15, 0.2) is 20.9 Å². The molecular weight excluding hydrogens is 398 g/mol. The Labute approximate surface area is 172 Å². The number of rotatable bonds is 4. The van der Waals surface area contributed by atoms with Crippen LogP contribution >= 0.6 is 0 Å². The minimum atomic E-state index is -2.40. The van der Waals surface area contributed by atoms with E-state index in [1.165, 1.54) is 7.11 Å². The number of hydrogen-bond donors (Lipinski definition) is 0. The molecule has 5 nitrogen and oxygen atoms in total. The van der Waals surface area contributed by atoms with E-state index < -0.39 is 45.3 Å². The van der Waals surface area contributed by atoms with Crippen molar-refractivity contribution in [2.75, 3.05) is 13.7 Å². The molecular formula is C21H30F2O5Si. The lowest BCUT2D eigenvalue weighted by Crippen LogP contribution is -2.60. The van der Waals surface area contributed by atoms with Gasteiger partial charge in [0.05, 0.1) is 12.2 Å². The van der Waals surface area contributed by atoms with E-state index >= 15 is 0 Å². The van der Waals surface area contributed by atoms with Crippen molar-refractivity contribution in [1.82, 2.24) is 0 Å². The lowest BCUT2D eigenvalue weighted by molar-refractivity contribution is -0.317. The van der Waals surface area contributed by atoms with Crippen LogP contribution in [0.3, 0.4) is 0 Å². The molecule has 162 valence electrons. The Hall–Kier alpha value is -1.16. The molecule has 0 unspecified atom stereocenters. The van der Waals surface area contributed by atoms with Gasteiger partial charge in [-0.15, -0.1) is 0 Å². The first kappa shape index (κ1) is 22.5. The van der Waals surface area contributed by atoms with E-state index in [9.17, 15) is 8.78 Å². The zero-order valence-corrected chi connectivity index (χ0v) is 18.8. The Morgan fingerprint density at radius 2 is 1.76 bits per heavy atom. The first-order valence-corrected chi connectivity index (χ1v) is 12.7. The summed E-state index contributed by atoms with van der Waals surface area (Å²) in [7, 11) is -1.06. The van der Waals surface area contributed by atoms with Crippen LogP contribution in [0.1, 0.15) is 32.6 Å². The fraction of sp³-hybridized carbons (Fsp3) is 0.619. The quantitative estimate of drug-likeness (QED) is 0.631. The summed E-state index contributed by atoms with van der Waals surface area (Å²) in [5, 5.41) is -0.161.